The number of fused-ring (bicyclic) bond motifs is 3. The Morgan fingerprint density at radius 1 is 1.07 bits per heavy atom. The highest BCUT2D eigenvalue weighted by Gasteiger charge is 2.31. The Labute approximate surface area is 174 Å². The predicted octanol–water partition coefficient (Wildman–Crippen LogP) is 0.0794. The second-order valence-corrected chi connectivity index (χ2v) is 8.17. The van der Waals surface area contributed by atoms with Gasteiger partial charge in [-0.1, -0.05) is 0 Å². The zero-order chi connectivity index (χ0) is 19.7. The Hall–Kier alpha value is -1.61. The number of piperazine rings is 3. The summed E-state index contributed by atoms with van der Waals surface area (Å²) in [5.41, 5.74) is 0. The maximum absolute atomic E-state index is 5.44. The summed E-state index contributed by atoms with van der Waals surface area (Å²) >= 11 is 0. The minimum absolute atomic E-state index is 0.550. The third kappa shape index (κ3) is 6.44. The topological polar surface area (TPSA) is 68.5 Å². The molecular weight excluding hydrogens is 368 g/mol. The van der Waals surface area contributed by atoms with Crippen molar-refractivity contribution < 1.29 is 9.15 Å². The molecule has 5 heterocycles. The van der Waals surface area contributed by atoms with Gasteiger partial charge in [0.05, 0.1) is 26.0 Å². The lowest BCUT2D eigenvalue weighted by molar-refractivity contribution is 0.0174. The highest BCUT2D eigenvalue weighted by Crippen LogP contribution is 2.15. The van der Waals surface area contributed by atoms with E-state index in [4.69, 9.17) is 14.1 Å². The molecule has 0 saturated carbocycles. The molecule has 2 bridgehead atoms. The van der Waals surface area contributed by atoms with Crippen LogP contribution in [0.15, 0.2) is 27.8 Å². The molecule has 0 radical (unpaired) electrons. The number of guanidine groups is 1. The van der Waals surface area contributed by atoms with Gasteiger partial charge >= 0.3 is 0 Å². The predicted molar refractivity (Wildman–Crippen MR) is 114 cm³/mol. The van der Waals surface area contributed by atoms with Crippen molar-refractivity contribution in [3.8, 4) is 0 Å². The van der Waals surface area contributed by atoms with Crippen LogP contribution >= 0.6 is 0 Å². The maximum Gasteiger partial charge on any atom is 0.191 e. The average Bonchev–Trinajstić information content (AvgIpc) is 3.29. The van der Waals surface area contributed by atoms with Crippen molar-refractivity contribution in [2.45, 2.75) is 18.9 Å². The van der Waals surface area contributed by atoms with E-state index in [2.05, 4.69) is 25.3 Å². The van der Waals surface area contributed by atoms with E-state index in [1.165, 1.54) is 26.2 Å². The van der Waals surface area contributed by atoms with Crippen LogP contribution in [-0.2, 0) is 11.2 Å². The van der Waals surface area contributed by atoms with Crippen LogP contribution in [0.5, 0.6) is 0 Å². The monoisotopic (exact) mass is 404 g/mol. The number of nitrogens with one attached hydrogen (secondary N) is 2. The van der Waals surface area contributed by atoms with E-state index < -0.39 is 0 Å². The molecule has 29 heavy (non-hydrogen) atoms. The van der Waals surface area contributed by atoms with Crippen LogP contribution in [0.4, 0.5) is 0 Å². The van der Waals surface area contributed by atoms with Crippen molar-refractivity contribution >= 4 is 5.96 Å². The highest BCUT2D eigenvalue weighted by molar-refractivity contribution is 5.79. The van der Waals surface area contributed by atoms with Crippen LogP contribution < -0.4 is 10.6 Å². The normalized spacial score (nSPS) is 27.9. The van der Waals surface area contributed by atoms with E-state index in [1.54, 1.807) is 6.26 Å². The van der Waals surface area contributed by atoms with E-state index in [0.717, 1.165) is 83.6 Å². The summed E-state index contributed by atoms with van der Waals surface area (Å²) in [6.45, 7) is 13.5. The number of hydrogen-bond acceptors (Lipinski definition) is 6. The lowest BCUT2D eigenvalue weighted by Gasteiger charge is -2.47. The molecule has 8 heteroatoms. The van der Waals surface area contributed by atoms with Crippen molar-refractivity contribution in [3.05, 3.63) is 24.2 Å². The van der Waals surface area contributed by atoms with Crippen LogP contribution in [0.2, 0.25) is 0 Å². The summed E-state index contributed by atoms with van der Waals surface area (Å²) in [5, 5.41) is 7.03. The van der Waals surface area contributed by atoms with E-state index >= 15 is 0 Å². The van der Waals surface area contributed by atoms with Gasteiger partial charge in [0, 0.05) is 71.4 Å². The molecule has 1 atom stereocenters. The molecule has 0 spiro atoms. The Bertz CT molecular complexity index is 609. The van der Waals surface area contributed by atoms with Gasteiger partial charge in [-0.15, -0.1) is 0 Å². The van der Waals surface area contributed by atoms with Gasteiger partial charge in [-0.2, -0.15) is 0 Å². The van der Waals surface area contributed by atoms with Crippen LogP contribution in [-0.4, -0.2) is 112 Å². The molecule has 2 N–H and O–H groups in total. The smallest absolute Gasteiger partial charge is 0.191 e. The first-order chi connectivity index (χ1) is 14.4. The van der Waals surface area contributed by atoms with Gasteiger partial charge < -0.3 is 19.8 Å². The third-order valence-electron chi connectivity index (χ3n) is 6.14. The molecule has 0 aliphatic carbocycles. The van der Waals surface area contributed by atoms with Gasteiger partial charge in [0.1, 0.15) is 5.76 Å². The fourth-order valence-electron chi connectivity index (χ4n) is 4.36. The molecule has 1 aromatic heterocycles. The van der Waals surface area contributed by atoms with Crippen LogP contribution in [0.3, 0.4) is 0 Å². The third-order valence-corrected chi connectivity index (χ3v) is 6.14. The first kappa shape index (κ1) is 20.7. The summed E-state index contributed by atoms with van der Waals surface area (Å²) in [7, 11) is 0. The number of rotatable bonds is 9. The van der Waals surface area contributed by atoms with Gasteiger partial charge in [-0.05, 0) is 25.1 Å². The fourth-order valence-corrected chi connectivity index (χ4v) is 4.36. The lowest BCUT2D eigenvalue weighted by atomic mass is 10.1. The fraction of sp³-hybridized carbons (Fsp3) is 0.762. The summed E-state index contributed by atoms with van der Waals surface area (Å²) < 4.78 is 10.9. The molecule has 1 aromatic rings. The molecule has 0 amide bonds. The van der Waals surface area contributed by atoms with Crippen molar-refractivity contribution in [2.24, 2.45) is 4.99 Å². The number of furan rings is 1. The minimum atomic E-state index is 0.550. The second-order valence-electron chi connectivity index (χ2n) is 8.17. The van der Waals surface area contributed by atoms with E-state index in [1.807, 2.05) is 12.1 Å². The van der Waals surface area contributed by atoms with E-state index in [-0.39, 0.29) is 0 Å². The van der Waals surface area contributed by atoms with E-state index in [9.17, 15) is 0 Å². The molecule has 4 fully saturated rings. The zero-order valence-corrected chi connectivity index (χ0v) is 17.5. The van der Waals surface area contributed by atoms with Gasteiger partial charge in [0.25, 0.3) is 0 Å². The first-order valence-electron chi connectivity index (χ1n) is 11.2. The number of ether oxygens (including phenoxy) is 1. The Morgan fingerprint density at radius 2 is 1.90 bits per heavy atom. The van der Waals surface area contributed by atoms with Crippen molar-refractivity contribution in [1.82, 2.24) is 25.3 Å². The van der Waals surface area contributed by atoms with E-state index in [0.29, 0.717) is 6.04 Å². The SMILES string of the molecule is c1coc(CCNC(=NCC2CN3CCN2CC3)NCCCN2CCOCC2)c1. The summed E-state index contributed by atoms with van der Waals surface area (Å²) in [6.07, 6.45) is 3.71. The van der Waals surface area contributed by atoms with Crippen molar-refractivity contribution in [3.63, 3.8) is 0 Å². The molecule has 4 saturated heterocycles. The van der Waals surface area contributed by atoms with Crippen LogP contribution in [0, 0.1) is 0 Å². The summed E-state index contributed by atoms with van der Waals surface area (Å²) in [4.78, 5) is 12.6. The van der Waals surface area contributed by atoms with Gasteiger partial charge in [0.2, 0.25) is 0 Å². The number of morpholine rings is 1. The second kappa shape index (κ2) is 11.0. The molecule has 1 unspecified atom stereocenters. The van der Waals surface area contributed by atoms with Crippen LogP contribution in [0.25, 0.3) is 0 Å². The Balaban J connectivity index is 1.23. The Kier molecular flexibility index (Phi) is 7.81. The largest absolute Gasteiger partial charge is 0.469 e. The first-order valence-corrected chi connectivity index (χ1v) is 11.2. The molecule has 4 aliphatic heterocycles. The quantitative estimate of drug-likeness (QED) is 0.343. The average molecular weight is 405 g/mol. The lowest BCUT2D eigenvalue weighted by Crippen LogP contribution is -2.62. The molecule has 5 rings (SSSR count). The van der Waals surface area contributed by atoms with Gasteiger partial charge in [-0.25, -0.2) is 0 Å². The standard InChI is InChI=1S/C21H36N6O2/c1-3-20(29-14-1)4-6-23-21(22-5-2-7-25-12-15-28-16-13-25)24-17-19-18-26-8-10-27(19)11-9-26/h1,3,14,19H,2,4-13,15-18H2,(H2,22,23,24). The Morgan fingerprint density at radius 3 is 2.62 bits per heavy atom. The maximum atomic E-state index is 5.44. The molecule has 8 nitrogen and oxygen atoms in total. The van der Waals surface area contributed by atoms with Gasteiger partial charge in [-0.3, -0.25) is 19.7 Å². The summed E-state index contributed by atoms with van der Waals surface area (Å²) in [6, 6.07) is 4.51. The highest BCUT2D eigenvalue weighted by atomic mass is 16.5. The summed E-state index contributed by atoms with van der Waals surface area (Å²) in [5.74, 6) is 1.93. The molecule has 162 valence electrons. The molecule has 4 aliphatic rings. The number of nitrogens with zero attached hydrogens (tertiary/aromatic N) is 4. The molecule has 0 aromatic carbocycles. The number of hydrogen-bond donors (Lipinski definition) is 2. The number of aliphatic imine (C=N–C) groups is 1. The van der Waals surface area contributed by atoms with Crippen LogP contribution in [0.1, 0.15) is 12.2 Å². The molecular formula is C21H36N6O2. The minimum Gasteiger partial charge on any atom is -0.469 e. The van der Waals surface area contributed by atoms with Crippen molar-refractivity contribution in [1.29, 1.82) is 0 Å². The van der Waals surface area contributed by atoms with Crippen molar-refractivity contribution in [2.75, 3.05) is 85.2 Å². The van der Waals surface area contributed by atoms with Gasteiger partial charge in [0.15, 0.2) is 5.96 Å². The zero-order valence-electron chi connectivity index (χ0n) is 17.5.